The molecule has 2 bridgehead atoms. The highest BCUT2D eigenvalue weighted by Crippen LogP contribution is 2.67. The van der Waals surface area contributed by atoms with Crippen LogP contribution in [0.15, 0.2) is 36.4 Å². The van der Waals surface area contributed by atoms with Crippen molar-refractivity contribution in [2.45, 2.75) is 87.2 Å². The molecule has 4 unspecified atom stereocenters. The first-order valence-corrected chi connectivity index (χ1v) is 18.9. The number of methoxy groups -OCH3 is 1. The number of likely N-dealkylation sites (N-methyl/N-ethyl adjacent to an activating group) is 1. The van der Waals surface area contributed by atoms with Crippen molar-refractivity contribution in [2.24, 2.45) is 0 Å². The maximum atomic E-state index is 15.3. The van der Waals surface area contributed by atoms with Crippen molar-refractivity contribution >= 4 is 32.9 Å². The Bertz CT molecular complexity index is 1910. The summed E-state index contributed by atoms with van der Waals surface area (Å²) in [4.78, 5) is 33.4. The zero-order valence-electron chi connectivity index (χ0n) is 27.2. The molecule has 2 aliphatic carbocycles. The molecular formula is C36H43N5O5S. The third-order valence-corrected chi connectivity index (χ3v) is 13.6. The lowest BCUT2D eigenvalue weighted by Gasteiger charge is -2.43. The van der Waals surface area contributed by atoms with Gasteiger partial charge in [0, 0.05) is 60.7 Å². The maximum absolute atomic E-state index is 15.3. The fourth-order valence-electron chi connectivity index (χ4n) is 9.75. The van der Waals surface area contributed by atoms with Gasteiger partial charge in [0.25, 0.3) is 5.91 Å². The molecule has 4 atom stereocenters. The second-order valence-corrected chi connectivity index (χ2v) is 16.5. The Morgan fingerprint density at radius 2 is 1.68 bits per heavy atom. The largest absolute Gasteiger partial charge is 0.497 e. The quantitative estimate of drug-likeness (QED) is 0.418. The molecule has 0 radical (unpaired) electrons. The van der Waals surface area contributed by atoms with Crippen molar-refractivity contribution < 1.29 is 22.7 Å². The van der Waals surface area contributed by atoms with Gasteiger partial charge in [-0.15, -0.1) is 0 Å². The van der Waals surface area contributed by atoms with E-state index in [1.54, 1.807) is 13.2 Å². The molecule has 5 fully saturated rings. The van der Waals surface area contributed by atoms with Gasteiger partial charge in [0.15, 0.2) is 0 Å². The molecule has 1 N–H and O–H groups in total. The second kappa shape index (κ2) is 10.5. The van der Waals surface area contributed by atoms with Gasteiger partial charge in [0.05, 0.1) is 18.3 Å². The number of hydrogen-bond acceptors (Lipinski definition) is 6. The molecule has 0 spiro atoms. The summed E-state index contributed by atoms with van der Waals surface area (Å²) in [5.41, 5.74) is 5.02. The molecule has 1 aromatic heterocycles. The van der Waals surface area contributed by atoms with E-state index in [4.69, 9.17) is 4.74 Å². The van der Waals surface area contributed by atoms with Crippen LogP contribution in [-0.2, 0) is 20.5 Å². The summed E-state index contributed by atoms with van der Waals surface area (Å²) in [6, 6.07) is 12.3. The number of carbonyl (C=O) groups is 2. The molecule has 3 saturated heterocycles. The SMILES string of the molecule is COc1ccc2c(c1)C1CC1(C(=O)N1C3CCC1CN(C)C3)n1c-2c(C2CCCCC2)c2ccc(C(=O)NS(=O)(=O)N3CCC3)cc21. The van der Waals surface area contributed by atoms with E-state index in [0.717, 1.165) is 73.1 Å². The fourth-order valence-corrected chi connectivity index (χ4v) is 11.0. The summed E-state index contributed by atoms with van der Waals surface area (Å²) in [5.74, 6) is 0.680. The third-order valence-electron chi connectivity index (χ3n) is 12.1. The van der Waals surface area contributed by atoms with Crippen LogP contribution in [0.1, 0.15) is 91.1 Å². The Morgan fingerprint density at radius 3 is 2.36 bits per heavy atom. The highest BCUT2D eigenvalue weighted by atomic mass is 32.2. The Labute approximate surface area is 276 Å². The number of benzene rings is 2. The van der Waals surface area contributed by atoms with Crippen LogP contribution in [-0.4, -0.2) is 91.3 Å². The monoisotopic (exact) mass is 657 g/mol. The molecule has 2 saturated carbocycles. The van der Waals surface area contributed by atoms with Crippen LogP contribution >= 0.6 is 0 Å². The number of hydrogen-bond donors (Lipinski definition) is 1. The van der Waals surface area contributed by atoms with Crippen LogP contribution in [0.25, 0.3) is 22.2 Å². The maximum Gasteiger partial charge on any atom is 0.304 e. The number of likely N-dealkylation sites (tertiary alicyclic amines) is 1. The molecule has 2 aromatic carbocycles. The summed E-state index contributed by atoms with van der Waals surface area (Å²) >= 11 is 0. The Kier molecular flexibility index (Phi) is 6.66. The molecule has 10 nitrogen and oxygen atoms in total. The predicted octanol–water partition coefficient (Wildman–Crippen LogP) is 4.55. The first-order chi connectivity index (χ1) is 22.7. The second-order valence-electron chi connectivity index (χ2n) is 14.8. The molecule has 3 aromatic rings. The molecule has 2 amide bonds. The van der Waals surface area contributed by atoms with Crippen LogP contribution in [0, 0.1) is 0 Å². The lowest BCUT2D eigenvalue weighted by atomic mass is 9.80. The molecule has 248 valence electrons. The van der Waals surface area contributed by atoms with Gasteiger partial charge in [-0.25, -0.2) is 4.72 Å². The van der Waals surface area contributed by atoms with E-state index in [0.29, 0.717) is 25.4 Å². The number of fused-ring (bicyclic) bond motifs is 10. The van der Waals surface area contributed by atoms with Crippen molar-refractivity contribution in [3.8, 4) is 17.0 Å². The van der Waals surface area contributed by atoms with E-state index in [1.165, 1.54) is 34.7 Å². The van der Waals surface area contributed by atoms with E-state index in [-0.39, 0.29) is 29.5 Å². The van der Waals surface area contributed by atoms with Crippen molar-refractivity contribution in [3.05, 3.63) is 53.1 Å². The van der Waals surface area contributed by atoms with Gasteiger partial charge in [-0.2, -0.15) is 12.7 Å². The number of ether oxygens (including phenoxy) is 1. The summed E-state index contributed by atoms with van der Waals surface area (Å²) in [6.07, 6.45) is 9.26. The van der Waals surface area contributed by atoms with Gasteiger partial charge in [0.2, 0.25) is 5.91 Å². The zero-order valence-corrected chi connectivity index (χ0v) is 28.0. The Hall–Kier alpha value is -3.41. The summed E-state index contributed by atoms with van der Waals surface area (Å²) in [7, 11) is -0.0606. The normalized spacial score (nSPS) is 28.7. The Morgan fingerprint density at radius 1 is 0.936 bits per heavy atom. The van der Waals surface area contributed by atoms with Crippen molar-refractivity contribution in [1.29, 1.82) is 0 Å². The number of piperazine rings is 1. The number of aromatic nitrogens is 1. The smallest absolute Gasteiger partial charge is 0.304 e. The van der Waals surface area contributed by atoms with Gasteiger partial charge in [-0.05, 0) is 92.9 Å². The van der Waals surface area contributed by atoms with Crippen molar-refractivity contribution in [3.63, 3.8) is 0 Å². The summed E-state index contributed by atoms with van der Waals surface area (Å²) in [5, 5.41) is 1.07. The third kappa shape index (κ3) is 4.31. The summed E-state index contributed by atoms with van der Waals surface area (Å²) < 4.78 is 37.4. The molecule has 4 aliphatic heterocycles. The molecule has 47 heavy (non-hydrogen) atoms. The average Bonchev–Trinajstić information content (AvgIpc) is 3.62. The van der Waals surface area contributed by atoms with E-state index in [9.17, 15) is 13.2 Å². The van der Waals surface area contributed by atoms with Gasteiger partial charge in [0.1, 0.15) is 11.3 Å². The van der Waals surface area contributed by atoms with E-state index < -0.39 is 21.7 Å². The minimum atomic E-state index is -3.90. The van der Waals surface area contributed by atoms with Crippen LogP contribution in [0.5, 0.6) is 5.75 Å². The first-order valence-electron chi connectivity index (χ1n) is 17.4. The van der Waals surface area contributed by atoms with E-state index >= 15 is 4.79 Å². The predicted molar refractivity (Wildman–Crippen MR) is 179 cm³/mol. The van der Waals surface area contributed by atoms with Crippen LogP contribution < -0.4 is 9.46 Å². The molecule has 5 heterocycles. The van der Waals surface area contributed by atoms with Crippen molar-refractivity contribution in [2.75, 3.05) is 40.3 Å². The highest BCUT2D eigenvalue weighted by molar-refractivity contribution is 7.87. The van der Waals surface area contributed by atoms with E-state index in [2.05, 4.69) is 38.3 Å². The number of amides is 2. The van der Waals surface area contributed by atoms with Crippen LogP contribution in [0.3, 0.4) is 0 Å². The highest BCUT2D eigenvalue weighted by Gasteiger charge is 2.68. The first kappa shape index (κ1) is 29.7. The van der Waals surface area contributed by atoms with Gasteiger partial charge in [-0.1, -0.05) is 25.3 Å². The minimum absolute atomic E-state index is 0.00858. The van der Waals surface area contributed by atoms with E-state index in [1.807, 2.05) is 18.2 Å². The molecule has 6 aliphatic rings. The molecular weight excluding hydrogens is 614 g/mol. The number of nitrogens with zero attached hydrogens (tertiary/aromatic N) is 4. The molecule has 11 heteroatoms. The summed E-state index contributed by atoms with van der Waals surface area (Å²) in [6.45, 7) is 2.61. The lowest BCUT2D eigenvalue weighted by molar-refractivity contribution is -0.142. The van der Waals surface area contributed by atoms with Gasteiger partial charge >= 0.3 is 10.2 Å². The molecule has 9 rings (SSSR count). The van der Waals surface area contributed by atoms with Gasteiger partial charge < -0.3 is 19.1 Å². The van der Waals surface area contributed by atoms with Gasteiger partial charge in [-0.3, -0.25) is 9.59 Å². The number of nitrogens with one attached hydrogen (secondary N) is 1. The number of carbonyl (C=O) groups excluding carboxylic acids is 2. The van der Waals surface area contributed by atoms with Crippen LogP contribution in [0.2, 0.25) is 0 Å². The lowest BCUT2D eigenvalue weighted by Crippen LogP contribution is -2.58. The topological polar surface area (TPSA) is 104 Å². The van der Waals surface area contributed by atoms with Crippen LogP contribution in [0.4, 0.5) is 0 Å². The standard InChI is InChI=1S/C36H43N5O5S/c1-38-20-24-10-11-25(21-38)40(24)35(43)36-19-30(36)29-18-26(46-2)12-14-27(29)33-32(22-7-4-3-5-8-22)28-13-9-23(17-31(28)41(33)36)34(42)37-47(44,45)39-15-6-16-39/h9,12-14,17-18,22,24-25,30H,3-8,10-11,15-16,19-21H2,1-2H3,(H,37,42). The average molecular weight is 658 g/mol. The van der Waals surface area contributed by atoms with Crippen molar-refractivity contribution in [1.82, 2.24) is 23.4 Å². The number of rotatable bonds is 6. The minimum Gasteiger partial charge on any atom is -0.497 e. The Balaban J connectivity index is 1.25. The zero-order chi connectivity index (χ0) is 32.2. The fraction of sp³-hybridized carbons (Fsp3) is 0.556.